The van der Waals surface area contributed by atoms with Crippen LogP contribution in [0, 0.1) is 11.8 Å². The average molecular weight is 292 g/mol. The van der Waals surface area contributed by atoms with E-state index >= 15 is 0 Å². The normalized spacial score (nSPS) is 9.86. The predicted octanol–water partition coefficient (Wildman–Crippen LogP) is 2.85. The average Bonchev–Trinajstić information content (AvgIpc) is 2.42. The standard InChI is InChI=1S/C13H18N2O2.C4H10/c1-10(2)8-14-12(16)9-15-13(17)11-6-4-3-5-7-11;1-4(2)3/h3-7,10H,8-9H2,1-2H3,(H,14,16)(H,15,17);4H,1-3H3. The van der Waals surface area contributed by atoms with Crippen LogP contribution in [0.15, 0.2) is 30.3 Å². The van der Waals surface area contributed by atoms with Gasteiger partial charge in [0, 0.05) is 12.1 Å². The Bertz CT molecular complexity index is 411. The zero-order chi connectivity index (χ0) is 16.3. The molecule has 0 aromatic heterocycles. The van der Waals surface area contributed by atoms with E-state index in [1.807, 2.05) is 19.9 Å². The zero-order valence-electron chi connectivity index (χ0n) is 13.8. The van der Waals surface area contributed by atoms with Gasteiger partial charge in [-0.05, 0) is 24.0 Å². The van der Waals surface area contributed by atoms with Crippen molar-refractivity contribution in [2.45, 2.75) is 34.6 Å². The molecule has 0 atom stereocenters. The van der Waals surface area contributed by atoms with Crippen LogP contribution in [0.4, 0.5) is 0 Å². The molecule has 4 heteroatoms. The highest BCUT2D eigenvalue weighted by molar-refractivity contribution is 5.96. The molecule has 0 aliphatic carbocycles. The van der Waals surface area contributed by atoms with Crippen molar-refractivity contribution in [2.24, 2.45) is 11.8 Å². The molecule has 0 heterocycles. The van der Waals surface area contributed by atoms with Gasteiger partial charge in [0.2, 0.25) is 5.91 Å². The lowest BCUT2D eigenvalue weighted by molar-refractivity contribution is -0.120. The van der Waals surface area contributed by atoms with Gasteiger partial charge in [0.25, 0.3) is 5.91 Å². The molecular formula is C17H28N2O2. The second-order valence-corrected chi connectivity index (χ2v) is 5.98. The quantitative estimate of drug-likeness (QED) is 0.876. The number of nitrogens with one attached hydrogen (secondary N) is 2. The second kappa shape index (κ2) is 10.9. The summed E-state index contributed by atoms with van der Waals surface area (Å²) in [7, 11) is 0. The van der Waals surface area contributed by atoms with Crippen LogP contribution in [0.3, 0.4) is 0 Å². The van der Waals surface area contributed by atoms with Crippen molar-refractivity contribution in [1.29, 1.82) is 0 Å². The molecule has 0 spiro atoms. The maximum atomic E-state index is 11.6. The Hall–Kier alpha value is -1.84. The first-order valence-electron chi connectivity index (χ1n) is 7.42. The van der Waals surface area contributed by atoms with Gasteiger partial charge in [-0.15, -0.1) is 0 Å². The second-order valence-electron chi connectivity index (χ2n) is 5.98. The first kappa shape index (κ1) is 19.2. The first-order valence-corrected chi connectivity index (χ1v) is 7.42. The van der Waals surface area contributed by atoms with E-state index in [1.165, 1.54) is 0 Å². The van der Waals surface area contributed by atoms with Gasteiger partial charge in [0.15, 0.2) is 0 Å². The van der Waals surface area contributed by atoms with Crippen LogP contribution in [0.25, 0.3) is 0 Å². The fourth-order valence-electron chi connectivity index (χ4n) is 1.23. The highest BCUT2D eigenvalue weighted by Crippen LogP contribution is 1.97. The molecule has 0 unspecified atom stereocenters. The van der Waals surface area contributed by atoms with Crippen molar-refractivity contribution in [3.05, 3.63) is 35.9 Å². The highest BCUT2D eigenvalue weighted by Gasteiger charge is 2.07. The number of hydrogen-bond acceptors (Lipinski definition) is 2. The van der Waals surface area contributed by atoms with Gasteiger partial charge in [-0.2, -0.15) is 0 Å². The molecule has 0 saturated carbocycles. The number of rotatable bonds is 5. The Morgan fingerprint density at radius 2 is 1.48 bits per heavy atom. The Balaban J connectivity index is 0.000000885. The Morgan fingerprint density at radius 3 is 1.95 bits per heavy atom. The minimum absolute atomic E-state index is 0.0143. The predicted molar refractivity (Wildman–Crippen MR) is 87.1 cm³/mol. The first-order chi connectivity index (χ1) is 9.82. The van der Waals surface area contributed by atoms with Crippen molar-refractivity contribution < 1.29 is 9.59 Å². The van der Waals surface area contributed by atoms with E-state index < -0.39 is 0 Å². The minimum atomic E-state index is -0.231. The highest BCUT2D eigenvalue weighted by atomic mass is 16.2. The van der Waals surface area contributed by atoms with Crippen LogP contribution in [-0.4, -0.2) is 24.9 Å². The number of benzene rings is 1. The summed E-state index contributed by atoms with van der Waals surface area (Å²) >= 11 is 0. The monoisotopic (exact) mass is 292 g/mol. The van der Waals surface area contributed by atoms with E-state index in [0.717, 1.165) is 5.92 Å². The SMILES string of the molecule is CC(C)C.CC(C)CNC(=O)CNC(=O)c1ccccc1. The van der Waals surface area contributed by atoms with Gasteiger partial charge in [-0.3, -0.25) is 9.59 Å². The number of carbonyl (C=O) groups is 2. The van der Waals surface area contributed by atoms with E-state index in [4.69, 9.17) is 0 Å². The maximum absolute atomic E-state index is 11.6. The largest absolute Gasteiger partial charge is 0.354 e. The molecule has 1 rings (SSSR count). The van der Waals surface area contributed by atoms with Crippen molar-refractivity contribution in [3.63, 3.8) is 0 Å². The molecule has 0 fully saturated rings. The third kappa shape index (κ3) is 11.7. The van der Waals surface area contributed by atoms with Gasteiger partial charge in [-0.1, -0.05) is 52.8 Å². The Labute approximate surface area is 128 Å². The lowest BCUT2D eigenvalue weighted by Gasteiger charge is -2.08. The van der Waals surface area contributed by atoms with Gasteiger partial charge < -0.3 is 10.6 Å². The van der Waals surface area contributed by atoms with E-state index in [2.05, 4.69) is 31.4 Å². The maximum Gasteiger partial charge on any atom is 0.251 e. The van der Waals surface area contributed by atoms with Crippen molar-refractivity contribution in [3.8, 4) is 0 Å². The summed E-state index contributed by atoms with van der Waals surface area (Å²) in [4.78, 5) is 23.0. The molecule has 0 radical (unpaired) electrons. The molecule has 118 valence electrons. The molecule has 21 heavy (non-hydrogen) atoms. The number of hydrogen-bond donors (Lipinski definition) is 2. The summed E-state index contributed by atoms with van der Waals surface area (Å²) in [6.07, 6.45) is 0. The summed E-state index contributed by atoms with van der Waals surface area (Å²) in [5.74, 6) is 0.844. The minimum Gasteiger partial charge on any atom is -0.354 e. The van der Waals surface area contributed by atoms with Gasteiger partial charge in [0.05, 0.1) is 6.54 Å². The lowest BCUT2D eigenvalue weighted by atomic mass is 10.2. The number of amides is 2. The zero-order valence-corrected chi connectivity index (χ0v) is 13.8. The number of carbonyl (C=O) groups excluding carboxylic acids is 2. The van der Waals surface area contributed by atoms with Gasteiger partial charge >= 0.3 is 0 Å². The van der Waals surface area contributed by atoms with E-state index in [9.17, 15) is 9.59 Å². The molecule has 1 aromatic carbocycles. The van der Waals surface area contributed by atoms with E-state index in [0.29, 0.717) is 18.0 Å². The molecule has 0 aliphatic rings. The van der Waals surface area contributed by atoms with Crippen molar-refractivity contribution in [2.75, 3.05) is 13.1 Å². The Morgan fingerprint density at radius 1 is 0.952 bits per heavy atom. The molecule has 0 saturated heterocycles. The summed E-state index contributed by atoms with van der Waals surface area (Å²) in [6, 6.07) is 8.83. The fraction of sp³-hybridized carbons (Fsp3) is 0.529. The van der Waals surface area contributed by atoms with Crippen molar-refractivity contribution in [1.82, 2.24) is 10.6 Å². The van der Waals surface area contributed by atoms with Crippen molar-refractivity contribution >= 4 is 11.8 Å². The van der Waals surface area contributed by atoms with Crippen LogP contribution >= 0.6 is 0 Å². The van der Waals surface area contributed by atoms with Crippen LogP contribution in [0.5, 0.6) is 0 Å². The summed E-state index contributed by atoms with van der Waals surface area (Å²) in [5.41, 5.74) is 0.559. The Kier molecular flexibility index (Phi) is 9.94. The topological polar surface area (TPSA) is 58.2 Å². The van der Waals surface area contributed by atoms with Crippen LogP contribution < -0.4 is 10.6 Å². The summed E-state index contributed by atoms with van der Waals surface area (Å²) < 4.78 is 0. The fourth-order valence-corrected chi connectivity index (χ4v) is 1.23. The van der Waals surface area contributed by atoms with Crippen LogP contribution in [0.1, 0.15) is 45.0 Å². The van der Waals surface area contributed by atoms with Crippen LogP contribution in [0.2, 0.25) is 0 Å². The lowest BCUT2D eigenvalue weighted by Crippen LogP contribution is -2.38. The van der Waals surface area contributed by atoms with Gasteiger partial charge in [0.1, 0.15) is 0 Å². The van der Waals surface area contributed by atoms with E-state index in [1.54, 1.807) is 24.3 Å². The van der Waals surface area contributed by atoms with E-state index in [-0.39, 0.29) is 18.4 Å². The third-order valence-electron chi connectivity index (χ3n) is 2.15. The molecule has 2 N–H and O–H groups in total. The molecule has 1 aromatic rings. The molecule has 2 amide bonds. The molecule has 0 bridgehead atoms. The summed E-state index contributed by atoms with van der Waals surface area (Å²) in [5, 5.41) is 5.31. The van der Waals surface area contributed by atoms with Crippen LogP contribution in [-0.2, 0) is 4.79 Å². The smallest absolute Gasteiger partial charge is 0.251 e. The molecule has 0 aliphatic heterocycles. The molecular weight excluding hydrogens is 264 g/mol. The van der Waals surface area contributed by atoms with Gasteiger partial charge in [-0.25, -0.2) is 0 Å². The molecule has 4 nitrogen and oxygen atoms in total. The third-order valence-corrected chi connectivity index (χ3v) is 2.15. The summed E-state index contributed by atoms with van der Waals surface area (Å²) in [6.45, 7) is 11.2.